The van der Waals surface area contributed by atoms with E-state index in [9.17, 15) is 4.79 Å². The molecule has 0 spiro atoms. The Labute approximate surface area is 190 Å². The second-order valence-corrected chi connectivity index (χ2v) is 8.69. The number of carbonyl (C=O) groups is 1. The number of amides is 1. The molecule has 2 heterocycles. The minimum atomic E-state index is -0.233. The van der Waals surface area contributed by atoms with Crippen molar-refractivity contribution >= 4 is 35.1 Å². The van der Waals surface area contributed by atoms with Crippen molar-refractivity contribution in [2.75, 3.05) is 0 Å². The molecular formula is C24H21ClN4OS. The zero-order valence-corrected chi connectivity index (χ0v) is 18.7. The van der Waals surface area contributed by atoms with Crippen molar-refractivity contribution in [3.05, 3.63) is 93.3 Å². The Kier molecular flexibility index (Phi) is 6.30. The third-order valence-corrected chi connectivity index (χ3v) is 6.19. The first kappa shape index (κ1) is 21.0. The van der Waals surface area contributed by atoms with Crippen molar-refractivity contribution < 1.29 is 4.79 Å². The summed E-state index contributed by atoms with van der Waals surface area (Å²) in [7, 11) is 0. The van der Waals surface area contributed by atoms with Crippen LogP contribution >= 0.6 is 22.9 Å². The van der Waals surface area contributed by atoms with Crippen LogP contribution in [-0.4, -0.2) is 21.9 Å². The lowest BCUT2D eigenvalue weighted by Gasteiger charge is -2.01. The highest BCUT2D eigenvalue weighted by atomic mass is 35.5. The molecule has 0 fully saturated rings. The SMILES string of the molecule is CC(C)c1cc(C(=O)NN=Cc2cn(-c3ccccc3)nc2-c2ccc(Cl)cc2)cs1. The number of para-hydroxylation sites is 1. The molecule has 0 aliphatic heterocycles. The number of thiophene rings is 1. The highest BCUT2D eigenvalue weighted by Gasteiger charge is 2.12. The Bertz CT molecular complexity index is 1210. The molecule has 0 atom stereocenters. The van der Waals surface area contributed by atoms with E-state index in [4.69, 9.17) is 16.7 Å². The van der Waals surface area contributed by atoms with E-state index in [1.807, 2.05) is 72.2 Å². The largest absolute Gasteiger partial charge is 0.272 e. The fourth-order valence-corrected chi connectivity index (χ4v) is 4.06. The molecule has 2 aromatic heterocycles. The molecule has 0 saturated carbocycles. The Morgan fingerprint density at radius 3 is 2.58 bits per heavy atom. The van der Waals surface area contributed by atoms with Gasteiger partial charge in [-0.3, -0.25) is 4.79 Å². The highest BCUT2D eigenvalue weighted by Crippen LogP contribution is 2.25. The van der Waals surface area contributed by atoms with Crippen molar-refractivity contribution in [2.24, 2.45) is 5.10 Å². The highest BCUT2D eigenvalue weighted by molar-refractivity contribution is 7.10. The monoisotopic (exact) mass is 448 g/mol. The topological polar surface area (TPSA) is 59.3 Å². The van der Waals surface area contributed by atoms with Gasteiger partial charge in [0.05, 0.1) is 17.5 Å². The van der Waals surface area contributed by atoms with Crippen molar-refractivity contribution in [3.8, 4) is 16.9 Å². The lowest BCUT2D eigenvalue weighted by Crippen LogP contribution is -2.16. The van der Waals surface area contributed by atoms with Crippen LogP contribution in [0.2, 0.25) is 5.02 Å². The Hall–Kier alpha value is -3.22. The van der Waals surface area contributed by atoms with Crippen molar-refractivity contribution in [1.82, 2.24) is 15.2 Å². The molecule has 156 valence electrons. The molecule has 0 aliphatic rings. The van der Waals surface area contributed by atoms with Crippen molar-refractivity contribution in [1.29, 1.82) is 0 Å². The van der Waals surface area contributed by atoms with Crippen LogP contribution in [0.4, 0.5) is 0 Å². The number of rotatable bonds is 6. The number of benzene rings is 2. The van der Waals surface area contributed by atoms with Gasteiger partial charge in [0.15, 0.2) is 0 Å². The molecule has 5 nitrogen and oxygen atoms in total. The molecule has 1 N–H and O–H groups in total. The fourth-order valence-electron chi connectivity index (χ4n) is 3.03. The summed E-state index contributed by atoms with van der Waals surface area (Å²) >= 11 is 7.62. The minimum absolute atomic E-state index is 0.233. The number of nitrogens with zero attached hydrogens (tertiary/aromatic N) is 3. The van der Waals surface area contributed by atoms with Gasteiger partial charge < -0.3 is 0 Å². The van der Waals surface area contributed by atoms with Gasteiger partial charge in [0, 0.05) is 32.6 Å². The molecule has 2 aromatic carbocycles. The van der Waals surface area contributed by atoms with Crippen LogP contribution in [0.25, 0.3) is 16.9 Å². The van der Waals surface area contributed by atoms with Crippen LogP contribution in [0.5, 0.6) is 0 Å². The Morgan fingerprint density at radius 2 is 1.90 bits per heavy atom. The first-order valence-electron chi connectivity index (χ1n) is 9.84. The van der Waals surface area contributed by atoms with Gasteiger partial charge in [-0.2, -0.15) is 10.2 Å². The predicted octanol–water partition coefficient (Wildman–Crippen LogP) is 6.14. The zero-order chi connectivity index (χ0) is 21.8. The smallest absolute Gasteiger partial charge is 0.267 e. The van der Waals surface area contributed by atoms with E-state index in [1.54, 1.807) is 22.2 Å². The van der Waals surface area contributed by atoms with Gasteiger partial charge in [-0.25, -0.2) is 10.1 Å². The fraction of sp³-hybridized carbons (Fsp3) is 0.125. The third-order valence-electron chi connectivity index (χ3n) is 4.70. The summed E-state index contributed by atoms with van der Waals surface area (Å²) < 4.78 is 1.79. The van der Waals surface area contributed by atoms with E-state index in [1.165, 1.54) is 4.88 Å². The molecule has 0 saturated heterocycles. The number of nitrogens with one attached hydrogen (secondary N) is 1. The van der Waals surface area contributed by atoms with E-state index in [0.29, 0.717) is 16.5 Å². The van der Waals surface area contributed by atoms with Crippen LogP contribution in [0.15, 0.2) is 77.3 Å². The average molecular weight is 449 g/mol. The zero-order valence-electron chi connectivity index (χ0n) is 17.1. The molecule has 0 unspecified atom stereocenters. The van der Waals surface area contributed by atoms with Crippen molar-refractivity contribution in [2.45, 2.75) is 19.8 Å². The second kappa shape index (κ2) is 9.29. The predicted molar refractivity (Wildman–Crippen MR) is 127 cm³/mol. The summed E-state index contributed by atoms with van der Waals surface area (Å²) in [5, 5.41) is 11.4. The quantitative estimate of drug-likeness (QED) is 0.284. The maximum atomic E-state index is 12.4. The first-order chi connectivity index (χ1) is 15.0. The average Bonchev–Trinajstić information content (AvgIpc) is 3.43. The van der Waals surface area contributed by atoms with Crippen LogP contribution in [0, 0.1) is 0 Å². The van der Waals surface area contributed by atoms with Crippen LogP contribution in [0.3, 0.4) is 0 Å². The standard InChI is InChI=1S/C24H21ClN4OS/c1-16(2)22-12-18(15-31-22)24(30)27-26-13-19-14-29(21-6-4-3-5-7-21)28-23(19)17-8-10-20(25)11-9-17/h3-16H,1-2H3,(H,27,30). The Balaban J connectivity index is 1.60. The molecule has 0 radical (unpaired) electrons. The van der Waals surface area contributed by atoms with Gasteiger partial charge in [0.25, 0.3) is 5.91 Å². The molecule has 7 heteroatoms. The minimum Gasteiger partial charge on any atom is -0.267 e. The molecular weight excluding hydrogens is 428 g/mol. The van der Waals surface area contributed by atoms with E-state index < -0.39 is 0 Å². The van der Waals surface area contributed by atoms with Crippen LogP contribution in [-0.2, 0) is 0 Å². The molecule has 4 aromatic rings. The normalized spacial score (nSPS) is 11.4. The van der Waals surface area contributed by atoms with Gasteiger partial charge >= 0.3 is 0 Å². The maximum absolute atomic E-state index is 12.4. The van der Waals surface area contributed by atoms with E-state index in [0.717, 1.165) is 22.5 Å². The first-order valence-corrected chi connectivity index (χ1v) is 11.1. The summed E-state index contributed by atoms with van der Waals surface area (Å²) in [6, 6.07) is 19.2. The summed E-state index contributed by atoms with van der Waals surface area (Å²) in [5.41, 5.74) is 6.59. The van der Waals surface area contributed by atoms with Gasteiger partial charge in [-0.15, -0.1) is 11.3 Å². The lowest BCUT2D eigenvalue weighted by atomic mass is 10.1. The summed E-state index contributed by atoms with van der Waals surface area (Å²) in [6.07, 6.45) is 3.50. The summed E-state index contributed by atoms with van der Waals surface area (Å²) in [4.78, 5) is 13.6. The summed E-state index contributed by atoms with van der Waals surface area (Å²) in [6.45, 7) is 4.21. The number of halogens is 1. The van der Waals surface area contributed by atoms with Crippen molar-refractivity contribution in [3.63, 3.8) is 0 Å². The van der Waals surface area contributed by atoms with Gasteiger partial charge in [0.1, 0.15) is 5.69 Å². The number of aromatic nitrogens is 2. The second-order valence-electron chi connectivity index (χ2n) is 7.31. The molecule has 1 amide bonds. The number of hydrogen-bond acceptors (Lipinski definition) is 4. The lowest BCUT2D eigenvalue weighted by molar-refractivity contribution is 0.0955. The third kappa shape index (κ3) is 4.93. The Morgan fingerprint density at radius 1 is 1.16 bits per heavy atom. The van der Waals surface area contributed by atoms with Gasteiger partial charge in [-0.1, -0.05) is 55.8 Å². The van der Waals surface area contributed by atoms with E-state index >= 15 is 0 Å². The molecule has 0 aliphatic carbocycles. The van der Waals surface area contributed by atoms with Gasteiger partial charge in [0.2, 0.25) is 0 Å². The molecule has 31 heavy (non-hydrogen) atoms. The van der Waals surface area contributed by atoms with Crippen LogP contribution in [0.1, 0.15) is 40.6 Å². The van der Waals surface area contributed by atoms with Crippen LogP contribution < -0.4 is 5.43 Å². The van der Waals surface area contributed by atoms with E-state index in [-0.39, 0.29) is 5.91 Å². The number of carbonyl (C=O) groups excluding carboxylic acids is 1. The molecule has 0 bridgehead atoms. The van der Waals surface area contributed by atoms with E-state index in [2.05, 4.69) is 24.4 Å². The molecule has 4 rings (SSSR count). The number of hydrazone groups is 1. The number of hydrogen-bond donors (Lipinski definition) is 1. The maximum Gasteiger partial charge on any atom is 0.272 e. The van der Waals surface area contributed by atoms with Gasteiger partial charge in [-0.05, 0) is 36.2 Å². The summed E-state index contributed by atoms with van der Waals surface area (Å²) in [5.74, 6) is 0.156.